The number of hydrogen-bond acceptors (Lipinski definition) is 6. The molecular weight excluding hydrogens is 303 g/mol. The Bertz CT molecular complexity index is 729. The average molecular weight is 312 g/mol. The summed E-state index contributed by atoms with van der Waals surface area (Å²) >= 11 is 2.70. The summed E-state index contributed by atoms with van der Waals surface area (Å²) in [5, 5.41) is 10.1. The van der Waals surface area contributed by atoms with Crippen molar-refractivity contribution in [2.24, 2.45) is 4.99 Å². The number of ether oxygens (including phenoxy) is 1. The van der Waals surface area contributed by atoms with Gasteiger partial charge in [-0.15, -0.1) is 23.1 Å². The third kappa shape index (κ3) is 2.25. The fourth-order valence-electron chi connectivity index (χ4n) is 1.80. The maximum atomic E-state index is 13.6. The number of hydrogen-bond donors (Lipinski definition) is 1. The highest BCUT2D eigenvalue weighted by Crippen LogP contribution is 2.32. The van der Waals surface area contributed by atoms with Crippen LogP contribution in [0.15, 0.2) is 17.1 Å². The Morgan fingerprint density at radius 3 is 3.00 bits per heavy atom. The van der Waals surface area contributed by atoms with Gasteiger partial charge < -0.3 is 9.84 Å². The number of carboxylic acids is 1. The van der Waals surface area contributed by atoms with E-state index in [4.69, 9.17) is 9.84 Å². The number of carbonyl (C=O) groups is 1. The van der Waals surface area contributed by atoms with E-state index in [9.17, 15) is 9.18 Å². The highest BCUT2D eigenvalue weighted by Gasteiger charge is 2.27. The fourth-order valence-corrected chi connectivity index (χ4v) is 3.87. The van der Waals surface area contributed by atoms with Crippen molar-refractivity contribution >= 4 is 44.3 Å². The zero-order valence-corrected chi connectivity index (χ0v) is 11.9. The molecule has 1 aliphatic heterocycles. The first-order valence-electron chi connectivity index (χ1n) is 5.66. The van der Waals surface area contributed by atoms with Crippen LogP contribution < -0.4 is 4.74 Å². The van der Waals surface area contributed by atoms with Gasteiger partial charge >= 0.3 is 5.97 Å². The second-order valence-corrected chi connectivity index (χ2v) is 6.11. The number of thioether (sulfide) groups is 1. The molecule has 0 aliphatic carbocycles. The van der Waals surface area contributed by atoms with Gasteiger partial charge in [-0.05, 0) is 0 Å². The van der Waals surface area contributed by atoms with Crippen molar-refractivity contribution in [3.8, 4) is 5.75 Å². The summed E-state index contributed by atoms with van der Waals surface area (Å²) in [5.74, 6) is -0.849. The number of carboxylic acid groups (broad SMARTS) is 1. The molecule has 0 saturated heterocycles. The molecule has 0 fully saturated rings. The molecule has 0 saturated carbocycles. The van der Waals surface area contributed by atoms with Crippen molar-refractivity contribution in [2.75, 3.05) is 12.9 Å². The van der Waals surface area contributed by atoms with E-state index in [1.165, 1.54) is 36.3 Å². The number of thiazole rings is 1. The Morgan fingerprint density at radius 1 is 1.55 bits per heavy atom. The van der Waals surface area contributed by atoms with Crippen LogP contribution in [0.25, 0.3) is 10.2 Å². The molecule has 20 heavy (non-hydrogen) atoms. The summed E-state index contributed by atoms with van der Waals surface area (Å²) in [4.78, 5) is 19.3. The number of methoxy groups -OCH3 is 1. The molecule has 0 amide bonds. The van der Waals surface area contributed by atoms with Crippen LogP contribution in [0.5, 0.6) is 5.75 Å². The lowest BCUT2D eigenvalue weighted by Gasteiger charge is -1.99. The molecule has 1 unspecified atom stereocenters. The van der Waals surface area contributed by atoms with E-state index in [0.717, 1.165) is 4.70 Å². The lowest BCUT2D eigenvalue weighted by atomic mass is 10.3. The number of nitrogens with zero attached hydrogens (tertiary/aromatic N) is 2. The van der Waals surface area contributed by atoms with Crippen molar-refractivity contribution in [2.45, 2.75) is 6.04 Å². The van der Waals surface area contributed by atoms with Gasteiger partial charge in [-0.25, -0.2) is 14.2 Å². The Labute approximate surface area is 121 Å². The Balaban J connectivity index is 2.02. The van der Waals surface area contributed by atoms with E-state index in [1.54, 1.807) is 6.07 Å². The van der Waals surface area contributed by atoms with Gasteiger partial charge in [0.2, 0.25) is 0 Å². The van der Waals surface area contributed by atoms with Gasteiger partial charge in [-0.1, -0.05) is 0 Å². The molecule has 0 bridgehead atoms. The molecule has 8 heteroatoms. The number of halogens is 1. The number of benzene rings is 1. The van der Waals surface area contributed by atoms with Gasteiger partial charge in [0.15, 0.2) is 17.6 Å². The van der Waals surface area contributed by atoms with Crippen molar-refractivity contribution in [1.82, 2.24) is 4.98 Å². The summed E-state index contributed by atoms with van der Waals surface area (Å²) in [6, 6.07) is 2.16. The summed E-state index contributed by atoms with van der Waals surface area (Å²) in [6.07, 6.45) is 0. The summed E-state index contributed by atoms with van der Waals surface area (Å²) in [6.45, 7) is 0. The van der Waals surface area contributed by atoms with Gasteiger partial charge in [0.1, 0.15) is 10.1 Å². The van der Waals surface area contributed by atoms with E-state index >= 15 is 0 Å². The third-order valence-corrected chi connectivity index (χ3v) is 4.99. The fraction of sp³-hybridized carbons (Fsp3) is 0.250. The molecule has 1 aliphatic rings. The van der Waals surface area contributed by atoms with Gasteiger partial charge in [0, 0.05) is 17.9 Å². The van der Waals surface area contributed by atoms with Crippen LogP contribution in [0.3, 0.4) is 0 Å². The first-order valence-corrected chi connectivity index (χ1v) is 7.46. The summed E-state index contributed by atoms with van der Waals surface area (Å²) < 4.78 is 19.3. The predicted octanol–water partition coefficient (Wildman–Crippen LogP) is 2.39. The summed E-state index contributed by atoms with van der Waals surface area (Å²) in [5.41, 5.74) is 0.519. The van der Waals surface area contributed by atoms with Crippen molar-refractivity contribution in [3.63, 3.8) is 0 Å². The van der Waals surface area contributed by atoms with Crippen molar-refractivity contribution < 1.29 is 19.0 Å². The maximum absolute atomic E-state index is 13.6. The number of aromatic nitrogens is 1. The second-order valence-electron chi connectivity index (χ2n) is 4.07. The number of aliphatic carboxylic acids is 1. The molecule has 1 aromatic heterocycles. The van der Waals surface area contributed by atoms with Crippen LogP contribution >= 0.6 is 23.1 Å². The first-order chi connectivity index (χ1) is 9.58. The zero-order valence-electron chi connectivity index (χ0n) is 10.3. The minimum Gasteiger partial charge on any atom is -0.494 e. The number of aliphatic imine (C=N–C) groups is 1. The van der Waals surface area contributed by atoms with Gasteiger partial charge in [-0.3, -0.25) is 4.99 Å². The molecular formula is C12H9FN2O3S2. The van der Waals surface area contributed by atoms with E-state index in [0.29, 0.717) is 21.3 Å². The van der Waals surface area contributed by atoms with Gasteiger partial charge in [-0.2, -0.15) is 0 Å². The van der Waals surface area contributed by atoms with Gasteiger partial charge in [0.25, 0.3) is 0 Å². The minimum absolute atomic E-state index is 0.164. The SMILES string of the molecule is COc1cc2sc(C3=NC(C(=O)O)CS3)nc2cc1F. The average Bonchev–Trinajstić information content (AvgIpc) is 3.03. The Morgan fingerprint density at radius 2 is 2.35 bits per heavy atom. The summed E-state index contributed by atoms with van der Waals surface area (Å²) in [7, 11) is 1.40. The number of rotatable bonds is 3. The van der Waals surface area contributed by atoms with Crippen LogP contribution in [0.2, 0.25) is 0 Å². The lowest BCUT2D eigenvalue weighted by molar-refractivity contribution is -0.137. The first kappa shape index (κ1) is 13.3. The molecule has 104 valence electrons. The highest BCUT2D eigenvalue weighted by molar-refractivity contribution is 8.15. The highest BCUT2D eigenvalue weighted by atomic mass is 32.2. The van der Waals surface area contributed by atoms with Crippen LogP contribution in [0, 0.1) is 5.82 Å². The van der Waals surface area contributed by atoms with E-state index < -0.39 is 17.8 Å². The quantitative estimate of drug-likeness (QED) is 0.942. The molecule has 2 aromatic rings. The van der Waals surface area contributed by atoms with Gasteiger partial charge in [0.05, 0.1) is 17.3 Å². The number of fused-ring (bicyclic) bond motifs is 1. The van der Waals surface area contributed by atoms with Crippen LogP contribution in [0.1, 0.15) is 5.01 Å². The zero-order chi connectivity index (χ0) is 14.3. The Kier molecular flexibility index (Phi) is 3.35. The smallest absolute Gasteiger partial charge is 0.329 e. The van der Waals surface area contributed by atoms with Crippen molar-refractivity contribution in [3.05, 3.63) is 23.0 Å². The van der Waals surface area contributed by atoms with Crippen LogP contribution in [-0.4, -0.2) is 40.0 Å². The molecule has 3 rings (SSSR count). The minimum atomic E-state index is -0.943. The van der Waals surface area contributed by atoms with E-state index in [1.807, 2.05) is 0 Å². The Hall–Kier alpha value is -1.67. The third-order valence-electron chi connectivity index (χ3n) is 2.78. The molecule has 1 atom stereocenters. The molecule has 0 radical (unpaired) electrons. The van der Waals surface area contributed by atoms with Crippen LogP contribution in [-0.2, 0) is 4.79 Å². The van der Waals surface area contributed by atoms with E-state index in [-0.39, 0.29) is 5.75 Å². The normalized spacial score (nSPS) is 18.3. The lowest BCUT2D eigenvalue weighted by Crippen LogP contribution is -2.17. The molecule has 0 spiro atoms. The second kappa shape index (κ2) is 5.02. The maximum Gasteiger partial charge on any atom is 0.329 e. The topological polar surface area (TPSA) is 71.8 Å². The molecule has 1 aromatic carbocycles. The van der Waals surface area contributed by atoms with Crippen LogP contribution in [0.4, 0.5) is 4.39 Å². The van der Waals surface area contributed by atoms with E-state index in [2.05, 4.69) is 9.98 Å². The standard InChI is InChI=1S/C12H9FN2O3S2/c1-18-8-3-9-6(2-5(8)13)14-11(20-9)10-15-7(4-19-10)12(16)17/h2-3,7H,4H2,1H3,(H,16,17). The molecule has 2 heterocycles. The molecule has 1 N–H and O–H groups in total. The van der Waals surface area contributed by atoms with Crippen molar-refractivity contribution in [1.29, 1.82) is 0 Å². The largest absolute Gasteiger partial charge is 0.494 e. The molecule has 5 nitrogen and oxygen atoms in total. The monoisotopic (exact) mass is 312 g/mol. The predicted molar refractivity (Wildman–Crippen MR) is 76.5 cm³/mol.